The third-order valence-electron chi connectivity index (χ3n) is 2.65. The highest BCUT2D eigenvalue weighted by Crippen LogP contribution is 2.27. The molecule has 0 bridgehead atoms. The van der Waals surface area contributed by atoms with Gasteiger partial charge in [0.25, 0.3) is 0 Å². The summed E-state index contributed by atoms with van der Waals surface area (Å²) in [5, 5.41) is 10.3. The largest absolute Gasteiger partial charge is 0.384 e. The van der Waals surface area contributed by atoms with E-state index in [-0.39, 0.29) is 0 Å². The Morgan fingerprint density at radius 3 is 2.44 bits per heavy atom. The molecule has 0 saturated carbocycles. The van der Waals surface area contributed by atoms with E-state index in [4.69, 9.17) is 0 Å². The van der Waals surface area contributed by atoms with Crippen LogP contribution in [-0.4, -0.2) is 5.11 Å². The Hall–Kier alpha value is -1.12. The average Bonchev–Trinajstić information content (AvgIpc) is 2.32. The van der Waals surface area contributed by atoms with E-state index in [0.29, 0.717) is 0 Å². The van der Waals surface area contributed by atoms with Crippen LogP contribution < -0.4 is 0 Å². The number of aliphatic hydroxyl groups excluding tert-OH is 1. The Kier molecular flexibility index (Phi) is 3.42. The lowest BCUT2D eigenvalue weighted by molar-refractivity contribution is 0.219. The molecule has 16 heavy (non-hydrogen) atoms. The van der Waals surface area contributed by atoms with Crippen molar-refractivity contribution in [2.45, 2.75) is 13.0 Å². The lowest BCUT2D eigenvalue weighted by Gasteiger charge is -2.14. The molecule has 1 nitrogen and oxygen atoms in total. The van der Waals surface area contributed by atoms with Crippen LogP contribution in [0.2, 0.25) is 0 Å². The van der Waals surface area contributed by atoms with Gasteiger partial charge < -0.3 is 5.11 Å². The Morgan fingerprint density at radius 2 is 1.75 bits per heavy atom. The van der Waals surface area contributed by atoms with Crippen LogP contribution in [0.3, 0.4) is 0 Å². The fourth-order valence-electron chi connectivity index (χ4n) is 1.72. The topological polar surface area (TPSA) is 20.2 Å². The molecular formula is C14H13BrO. The molecule has 1 N–H and O–H groups in total. The Labute approximate surface area is 104 Å². The van der Waals surface area contributed by atoms with Crippen LogP contribution in [0, 0.1) is 6.92 Å². The number of halogens is 1. The second-order valence-electron chi connectivity index (χ2n) is 3.81. The standard InChI is InChI=1S/C14H13BrO/c1-10-7-8-12(15)9-13(10)14(16)11-5-3-2-4-6-11/h2-9,14,16H,1H3. The highest BCUT2D eigenvalue weighted by molar-refractivity contribution is 9.10. The Morgan fingerprint density at radius 1 is 1.06 bits per heavy atom. The molecular weight excluding hydrogens is 264 g/mol. The first-order chi connectivity index (χ1) is 7.68. The van der Waals surface area contributed by atoms with Crippen LogP contribution in [0.4, 0.5) is 0 Å². The fraction of sp³-hybridized carbons (Fsp3) is 0.143. The van der Waals surface area contributed by atoms with Crippen LogP contribution in [0.1, 0.15) is 22.8 Å². The second-order valence-corrected chi connectivity index (χ2v) is 4.73. The fourth-order valence-corrected chi connectivity index (χ4v) is 2.10. The third-order valence-corrected chi connectivity index (χ3v) is 3.14. The summed E-state index contributed by atoms with van der Waals surface area (Å²) in [6, 6.07) is 15.6. The maximum Gasteiger partial charge on any atom is 0.104 e. The van der Waals surface area contributed by atoms with Crippen molar-refractivity contribution in [1.29, 1.82) is 0 Å². The minimum absolute atomic E-state index is 0.557. The highest BCUT2D eigenvalue weighted by Gasteiger charge is 2.12. The first kappa shape index (κ1) is 11.4. The molecule has 2 aromatic rings. The smallest absolute Gasteiger partial charge is 0.104 e. The molecule has 0 saturated heterocycles. The molecule has 1 atom stereocenters. The van der Waals surface area contributed by atoms with Gasteiger partial charge in [0.1, 0.15) is 6.10 Å². The summed E-state index contributed by atoms with van der Waals surface area (Å²) in [4.78, 5) is 0. The minimum atomic E-state index is -0.557. The molecule has 0 aromatic heterocycles. The summed E-state index contributed by atoms with van der Waals surface area (Å²) in [6.45, 7) is 2.01. The Bertz CT molecular complexity index is 479. The zero-order valence-electron chi connectivity index (χ0n) is 9.02. The van der Waals surface area contributed by atoms with Crippen LogP contribution in [0.25, 0.3) is 0 Å². The molecule has 2 heteroatoms. The molecule has 0 radical (unpaired) electrons. The molecule has 0 heterocycles. The number of aryl methyl sites for hydroxylation is 1. The molecule has 1 unspecified atom stereocenters. The predicted molar refractivity (Wildman–Crippen MR) is 69.4 cm³/mol. The summed E-state index contributed by atoms with van der Waals surface area (Å²) >= 11 is 3.43. The van der Waals surface area contributed by atoms with Crippen LogP contribution in [0.15, 0.2) is 53.0 Å². The summed E-state index contributed by atoms with van der Waals surface area (Å²) in [5.41, 5.74) is 2.96. The van der Waals surface area contributed by atoms with E-state index in [0.717, 1.165) is 21.2 Å². The first-order valence-electron chi connectivity index (χ1n) is 5.17. The molecule has 0 amide bonds. The van der Waals surface area contributed by atoms with E-state index in [1.54, 1.807) is 0 Å². The van der Waals surface area contributed by atoms with Gasteiger partial charge in [0.05, 0.1) is 0 Å². The van der Waals surface area contributed by atoms with E-state index >= 15 is 0 Å². The van der Waals surface area contributed by atoms with Gasteiger partial charge in [-0.2, -0.15) is 0 Å². The molecule has 0 spiro atoms. The van der Waals surface area contributed by atoms with Gasteiger partial charge >= 0.3 is 0 Å². The van der Waals surface area contributed by atoms with Crippen LogP contribution in [-0.2, 0) is 0 Å². The maximum absolute atomic E-state index is 10.3. The van der Waals surface area contributed by atoms with Crippen molar-refractivity contribution >= 4 is 15.9 Å². The molecule has 82 valence electrons. The molecule has 0 aliphatic carbocycles. The summed E-state index contributed by atoms with van der Waals surface area (Å²) in [7, 11) is 0. The van der Waals surface area contributed by atoms with Gasteiger partial charge in [0.2, 0.25) is 0 Å². The molecule has 0 aliphatic heterocycles. The number of aliphatic hydroxyl groups is 1. The molecule has 0 aliphatic rings. The van der Waals surface area contributed by atoms with Gasteiger partial charge in [-0.3, -0.25) is 0 Å². The van der Waals surface area contributed by atoms with Crippen molar-refractivity contribution in [3.63, 3.8) is 0 Å². The van der Waals surface area contributed by atoms with Crippen molar-refractivity contribution < 1.29 is 5.11 Å². The van der Waals surface area contributed by atoms with E-state index in [9.17, 15) is 5.11 Å². The van der Waals surface area contributed by atoms with Crippen molar-refractivity contribution in [2.24, 2.45) is 0 Å². The SMILES string of the molecule is Cc1ccc(Br)cc1C(O)c1ccccc1. The third kappa shape index (κ3) is 2.34. The Balaban J connectivity index is 2.41. The number of rotatable bonds is 2. The quantitative estimate of drug-likeness (QED) is 0.884. The molecule has 2 rings (SSSR count). The van der Waals surface area contributed by atoms with E-state index < -0.39 is 6.10 Å². The zero-order chi connectivity index (χ0) is 11.5. The molecule has 2 aromatic carbocycles. The zero-order valence-corrected chi connectivity index (χ0v) is 10.6. The second kappa shape index (κ2) is 4.81. The van der Waals surface area contributed by atoms with Gasteiger partial charge in [0.15, 0.2) is 0 Å². The van der Waals surface area contributed by atoms with Crippen LogP contribution >= 0.6 is 15.9 Å². The number of hydrogen-bond donors (Lipinski definition) is 1. The number of hydrogen-bond acceptors (Lipinski definition) is 1. The van der Waals surface area contributed by atoms with Gasteiger partial charge in [-0.1, -0.05) is 52.3 Å². The normalized spacial score (nSPS) is 12.4. The molecule has 0 fully saturated rings. The van der Waals surface area contributed by atoms with Crippen molar-refractivity contribution in [3.05, 3.63) is 69.7 Å². The van der Waals surface area contributed by atoms with Gasteiger partial charge in [-0.15, -0.1) is 0 Å². The average molecular weight is 277 g/mol. The summed E-state index contributed by atoms with van der Waals surface area (Å²) in [5.74, 6) is 0. The first-order valence-corrected chi connectivity index (χ1v) is 5.97. The highest BCUT2D eigenvalue weighted by atomic mass is 79.9. The lowest BCUT2D eigenvalue weighted by atomic mass is 9.98. The van der Waals surface area contributed by atoms with Crippen molar-refractivity contribution in [2.75, 3.05) is 0 Å². The van der Waals surface area contributed by atoms with Crippen molar-refractivity contribution in [1.82, 2.24) is 0 Å². The van der Waals surface area contributed by atoms with E-state index in [1.807, 2.05) is 55.5 Å². The van der Waals surface area contributed by atoms with Gasteiger partial charge in [-0.05, 0) is 35.7 Å². The minimum Gasteiger partial charge on any atom is -0.384 e. The van der Waals surface area contributed by atoms with Crippen molar-refractivity contribution in [3.8, 4) is 0 Å². The maximum atomic E-state index is 10.3. The van der Waals surface area contributed by atoms with Gasteiger partial charge in [0, 0.05) is 4.47 Å². The van der Waals surface area contributed by atoms with Crippen LogP contribution in [0.5, 0.6) is 0 Å². The van der Waals surface area contributed by atoms with Gasteiger partial charge in [-0.25, -0.2) is 0 Å². The van der Waals surface area contributed by atoms with E-state index in [2.05, 4.69) is 15.9 Å². The predicted octanol–water partition coefficient (Wildman–Crippen LogP) is 3.84. The summed E-state index contributed by atoms with van der Waals surface area (Å²) in [6.07, 6.45) is -0.557. The summed E-state index contributed by atoms with van der Waals surface area (Å²) < 4.78 is 0.989. The van der Waals surface area contributed by atoms with E-state index in [1.165, 1.54) is 0 Å². The number of benzene rings is 2. The monoisotopic (exact) mass is 276 g/mol. The lowest BCUT2D eigenvalue weighted by Crippen LogP contribution is -2.01.